The van der Waals surface area contributed by atoms with E-state index in [1.807, 2.05) is 0 Å². The standard InChI is InChI=1S/C46H42N4/c1-5-15-37-31(11-1)27-32-12-2-6-16-38(32)45(37)41-23-21-35(47-41)29-49-25-9-19-43(49)44-20-10-26-50(44)30-36-22-24-42(48-36)46-39-17-7-3-13-33(39)28-34-14-4-8-18-40(34)46/h1-8,11-18,21-24,27-28,43-44,47-48H,9-10,19-20,25-26,29-30H2/t43-,44-/m0/s1. The van der Waals surface area contributed by atoms with Crippen molar-refractivity contribution in [2.24, 2.45) is 0 Å². The number of rotatable bonds is 7. The molecule has 4 heterocycles. The van der Waals surface area contributed by atoms with Gasteiger partial charge in [0.25, 0.3) is 0 Å². The van der Waals surface area contributed by atoms with E-state index in [0.29, 0.717) is 12.1 Å². The van der Waals surface area contributed by atoms with Crippen LogP contribution in [0, 0.1) is 0 Å². The third-order valence-electron chi connectivity index (χ3n) is 11.6. The molecule has 0 unspecified atom stereocenters. The van der Waals surface area contributed by atoms with Crippen LogP contribution in [0.1, 0.15) is 37.1 Å². The van der Waals surface area contributed by atoms with Crippen molar-refractivity contribution in [1.29, 1.82) is 0 Å². The van der Waals surface area contributed by atoms with E-state index in [1.54, 1.807) is 0 Å². The number of fused-ring (bicyclic) bond motifs is 4. The van der Waals surface area contributed by atoms with Crippen LogP contribution in [0.3, 0.4) is 0 Å². The molecule has 50 heavy (non-hydrogen) atoms. The highest BCUT2D eigenvalue weighted by Crippen LogP contribution is 2.39. The molecule has 10 rings (SSSR count). The van der Waals surface area contributed by atoms with Gasteiger partial charge in [0, 0.05) is 59.1 Å². The number of H-pyrrole nitrogens is 2. The highest BCUT2D eigenvalue weighted by Gasteiger charge is 2.38. The second-order valence-corrected chi connectivity index (χ2v) is 14.5. The van der Waals surface area contributed by atoms with E-state index < -0.39 is 0 Å². The second-order valence-electron chi connectivity index (χ2n) is 14.5. The maximum absolute atomic E-state index is 3.89. The van der Waals surface area contributed by atoms with Crippen molar-refractivity contribution >= 4 is 43.1 Å². The summed E-state index contributed by atoms with van der Waals surface area (Å²) >= 11 is 0. The number of likely N-dealkylation sites (tertiary alicyclic amines) is 2. The molecule has 2 saturated heterocycles. The lowest BCUT2D eigenvalue weighted by molar-refractivity contribution is 0.122. The van der Waals surface area contributed by atoms with E-state index in [2.05, 4.69) is 153 Å². The summed E-state index contributed by atoms with van der Waals surface area (Å²) in [6.45, 7) is 4.28. The second kappa shape index (κ2) is 12.3. The first-order valence-corrected chi connectivity index (χ1v) is 18.4. The minimum absolute atomic E-state index is 0.582. The van der Waals surface area contributed by atoms with Gasteiger partial charge < -0.3 is 9.97 Å². The van der Waals surface area contributed by atoms with Gasteiger partial charge in [0.1, 0.15) is 0 Å². The summed E-state index contributed by atoms with van der Waals surface area (Å²) in [5.74, 6) is 0. The molecule has 0 bridgehead atoms. The van der Waals surface area contributed by atoms with Crippen molar-refractivity contribution in [3.63, 3.8) is 0 Å². The fourth-order valence-electron chi connectivity index (χ4n) is 9.37. The molecular weight excluding hydrogens is 609 g/mol. The zero-order chi connectivity index (χ0) is 33.0. The third-order valence-corrected chi connectivity index (χ3v) is 11.6. The lowest BCUT2D eigenvalue weighted by atomic mass is 9.95. The van der Waals surface area contributed by atoms with Crippen molar-refractivity contribution in [3.8, 4) is 22.5 Å². The minimum atomic E-state index is 0.582. The average Bonchev–Trinajstić information content (AvgIpc) is 3.99. The molecular formula is C46H42N4. The van der Waals surface area contributed by atoms with Crippen LogP contribution in [-0.2, 0) is 13.1 Å². The minimum Gasteiger partial charge on any atom is -0.357 e. The van der Waals surface area contributed by atoms with Crippen LogP contribution in [0.25, 0.3) is 65.6 Å². The zero-order valence-corrected chi connectivity index (χ0v) is 28.4. The van der Waals surface area contributed by atoms with Crippen LogP contribution in [0.5, 0.6) is 0 Å². The maximum Gasteiger partial charge on any atom is 0.0469 e. The number of aromatic nitrogens is 2. The number of hydrogen-bond acceptors (Lipinski definition) is 2. The normalized spacial score (nSPS) is 18.7. The molecule has 2 atom stereocenters. The Bertz CT molecular complexity index is 2220. The summed E-state index contributed by atoms with van der Waals surface area (Å²) in [5.41, 5.74) is 7.67. The fraction of sp³-hybridized carbons (Fsp3) is 0.217. The van der Waals surface area contributed by atoms with Crippen LogP contribution in [0.4, 0.5) is 0 Å². The first kappa shape index (κ1) is 29.7. The molecule has 4 heteroatoms. The van der Waals surface area contributed by atoms with Crippen molar-refractivity contribution in [2.75, 3.05) is 13.1 Å². The average molecular weight is 651 g/mol. The Labute approximate surface area is 293 Å². The summed E-state index contributed by atoms with van der Waals surface area (Å²) in [4.78, 5) is 13.3. The Hall–Kier alpha value is -5.16. The van der Waals surface area contributed by atoms with E-state index >= 15 is 0 Å². The Kier molecular flexibility index (Phi) is 7.32. The molecule has 8 aromatic rings. The van der Waals surface area contributed by atoms with Crippen LogP contribution in [0.15, 0.2) is 133 Å². The van der Waals surface area contributed by atoms with Crippen LogP contribution < -0.4 is 0 Å². The molecule has 246 valence electrons. The number of nitrogens with zero attached hydrogens (tertiary/aromatic N) is 2. The molecule has 2 N–H and O–H groups in total. The van der Waals surface area contributed by atoms with E-state index in [-0.39, 0.29) is 0 Å². The predicted molar refractivity (Wildman–Crippen MR) is 209 cm³/mol. The Balaban J connectivity index is 0.901. The van der Waals surface area contributed by atoms with Crippen molar-refractivity contribution in [2.45, 2.75) is 50.9 Å². The van der Waals surface area contributed by atoms with Gasteiger partial charge in [0.2, 0.25) is 0 Å². The van der Waals surface area contributed by atoms with Gasteiger partial charge in [0.05, 0.1) is 0 Å². The van der Waals surface area contributed by atoms with Gasteiger partial charge in [-0.15, -0.1) is 0 Å². The van der Waals surface area contributed by atoms with Gasteiger partial charge >= 0.3 is 0 Å². The number of benzene rings is 6. The van der Waals surface area contributed by atoms with E-state index in [1.165, 1.54) is 116 Å². The monoisotopic (exact) mass is 650 g/mol. The number of nitrogens with one attached hydrogen (secondary N) is 2. The number of aromatic amines is 2. The van der Waals surface area contributed by atoms with Crippen LogP contribution in [0.2, 0.25) is 0 Å². The summed E-state index contributed by atoms with van der Waals surface area (Å²) in [6.07, 6.45) is 5.11. The van der Waals surface area contributed by atoms with Gasteiger partial charge in [-0.1, -0.05) is 97.1 Å². The third kappa shape index (κ3) is 5.14. The topological polar surface area (TPSA) is 38.1 Å². The van der Waals surface area contributed by atoms with Gasteiger partial charge in [-0.3, -0.25) is 9.80 Å². The lowest BCUT2D eigenvalue weighted by Gasteiger charge is -2.34. The Morgan fingerprint density at radius 2 is 0.800 bits per heavy atom. The Morgan fingerprint density at radius 3 is 1.18 bits per heavy atom. The molecule has 2 aliphatic rings. The van der Waals surface area contributed by atoms with E-state index in [9.17, 15) is 0 Å². The first-order valence-electron chi connectivity index (χ1n) is 18.4. The first-order chi connectivity index (χ1) is 24.8. The molecule has 2 fully saturated rings. The van der Waals surface area contributed by atoms with Crippen molar-refractivity contribution in [1.82, 2.24) is 19.8 Å². The highest BCUT2D eigenvalue weighted by atomic mass is 15.3. The van der Waals surface area contributed by atoms with Gasteiger partial charge in [0.15, 0.2) is 0 Å². The molecule has 0 spiro atoms. The largest absolute Gasteiger partial charge is 0.357 e. The zero-order valence-electron chi connectivity index (χ0n) is 28.4. The van der Waals surface area contributed by atoms with Crippen LogP contribution >= 0.6 is 0 Å². The molecule has 4 nitrogen and oxygen atoms in total. The summed E-state index contributed by atoms with van der Waals surface area (Å²) in [7, 11) is 0. The van der Waals surface area contributed by atoms with E-state index in [0.717, 1.165) is 13.1 Å². The summed E-state index contributed by atoms with van der Waals surface area (Å²) in [5, 5.41) is 10.4. The lowest BCUT2D eigenvalue weighted by Crippen LogP contribution is -2.45. The molecule has 0 radical (unpaired) electrons. The molecule has 2 aliphatic heterocycles. The van der Waals surface area contributed by atoms with Gasteiger partial charge in [-0.25, -0.2) is 0 Å². The van der Waals surface area contributed by atoms with E-state index in [4.69, 9.17) is 0 Å². The molecule has 0 saturated carbocycles. The molecule has 0 amide bonds. The summed E-state index contributed by atoms with van der Waals surface area (Å²) in [6, 6.07) is 50.3. The molecule has 0 aliphatic carbocycles. The summed E-state index contributed by atoms with van der Waals surface area (Å²) < 4.78 is 0. The van der Waals surface area contributed by atoms with Crippen molar-refractivity contribution < 1.29 is 0 Å². The SMILES string of the molecule is c1ccc2c(-c3ccc(CN4CCC[C@H]4[C@@H]4CCCN4Cc4ccc(-c5c6ccccc6cc6ccccc56)[nH]4)[nH]3)c3ccccc3cc2c1. The quantitative estimate of drug-likeness (QED) is 0.169. The van der Waals surface area contributed by atoms with Gasteiger partial charge in [-0.2, -0.15) is 0 Å². The smallest absolute Gasteiger partial charge is 0.0469 e. The van der Waals surface area contributed by atoms with Gasteiger partial charge in [-0.05, 0) is 118 Å². The van der Waals surface area contributed by atoms with Crippen molar-refractivity contribution in [3.05, 3.63) is 145 Å². The fourth-order valence-corrected chi connectivity index (χ4v) is 9.37. The van der Waals surface area contributed by atoms with Crippen LogP contribution in [-0.4, -0.2) is 44.9 Å². The highest BCUT2D eigenvalue weighted by molar-refractivity contribution is 6.13. The molecule has 6 aromatic carbocycles. The molecule has 2 aromatic heterocycles. The Morgan fingerprint density at radius 1 is 0.440 bits per heavy atom. The number of hydrogen-bond donors (Lipinski definition) is 2. The predicted octanol–water partition coefficient (Wildman–Crippen LogP) is 10.9. The maximum atomic E-state index is 3.89.